The topological polar surface area (TPSA) is 46.2 Å². The Kier molecular flexibility index (Phi) is 4.86. The predicted octanol–water partition coefficient (Wildman–Crippen LogP) is 3.50. The Hall–Kier alpha value is -1.30. The molecule has 0 radical (unpaired) electrons. The summed E-state index contributed by atoms with van der Waals surface area (Å²) in [4.78, 5) is 0. The summed E-state index contributed by atoms with van der Waals surface area (Å²) < 4.78 is 27.0. The fraction of sp³-hybridized carbons (Fsp3) is 0.200. The van der Waals surface area contributed by atoms with Gasteiger partial charge in [0.05, 0.1) is 10.6 Å². The molecular weight excluding hydrogens is 328 g/mol. The molecule has 5 heteroatoms. The van der Waals surface area contributed by atoms with Gasteiger partial charge in [0.2, 0.25) is 0 Å². The first-order valence-electron chi connectivity index (χ1n) is 6.12. The zero-order valence-corrected chi connectivity index (χ0v) is 12.1. The monoisotopic (exact) mass is 341 g/mol. The number of hydrogen-bond donors (Lipinski definition) is 2. The summed E-state index contributed by atoms with van der Waals surface area (Å²) in [7, 11) is 0. The molecule has 0 aliphatic heterocycles. The Morgan fingerprint density at radius 3 is 2.50 bits per heavy atom. The molecule has 0 bridgehead atoms. The van der Waals surface area contributed by atoms with Gasteiger partial charge in [-0.25, -0.2) is 8.78 Å². The van der Waals surface area contributed by atoms with Crippen LogP contribution < -0.4 is 5.73 Å². The van der Waals surface area contributed by atoms with E-state index in [9.17, 15) is 13.9 Å². The molecule has 2 aromatic carbocycles. The van der Waals surface area contributed by atoms with Gasteiger partial charge >= 0.3 is 0 Å². The van der Waals surface area contributed by atoms with Crippen molar-refractivity contribution in [3.8, 4) is 0 Å². The summed E-state index contributed by atoms with van der Waals surface area (Å²) in [6.07, 6.45) is -1.02. The molecule has 2 nitrogen and oxygen atoms in total. The molecule has 0 spiro atoms. The molecule has 0 aromatic heterocycles. The van der Waals surface area contributed by atoms with Crippen LogP contribution in [0.5, 0.6) is 0 Å². The lowest BCUT2D eigenvalue weighted by molar-refractivity contribution is 0.146. The third kappa shape index (κ3) is 3.06. The predicted molar refractivity (Wildman–Crippen MR) is 77.3 cm³/mol. The van der Waals surface area contributed by atoms with Crippen molar-refractivity contribution >= 4 is 15.9 Å². The lowest BCUT2D eigenvalue weighted by Crippen LogP contribution is -2.20. The molecule has 0 amide bonds. The fourth-order valence-corrected chi connectivity index (χ4v) is 2.65. The van der Waals surface area contributed by atoms with Crippen molar-refractivity contribution in [2.75, 3.05) is 6.54 Å². The maximum absolute atomic E-state index is 13.5. The highest BCUT2D eigenvalue weighted by atomic mass is 79.9. The second kappa shape index (κ2) is 6.43. The Balaban J connectivity index is 2.39. The van der Waals surface area contributed by atoms with Crippen LogP contribution >= 0.6 is 15.9 Å². The van der Waals surface area contributed by atoms with Crippen LogP contribution in [-0.2, 0) is 0 Å². The summed E-state index contributed by atoms with van der Waals surface area (Å²) in [6, 6.07) is 10.3. The molecule has 0 fully saturated rings. The van der Waals surface area contributed by atoms with Gasteiger partial charge < -0.3 is 10.8 Å². The third-order valence-electron chi connectivity index (χ3n) is 3.21. The van der Waals surface area contributed by atoms with Crippen molar-refractivity contribution in [1.29, 1.82) is 0 Å². The standard InChI is InChI=1S/C15H14BrF2NO/c16-14-11(5-2-6-13(14)18)15(20)12(8-19)9-3-1-4-10(17)7-9/h1-7,12,15,20H,8,19H2. The van der Waals surface area contributed by atoms with E-state index in [1.165, 1.54) is 24.3 Å². The highest BCUT2D eigenvalue weighted by Crippen LogP contribution is 2.35. The second-order valence-electron chi connectivity index (χ2n) is 4.49. The van der Waals surface area contributed by atoms with Crippen LogP contribution in [0.25, 0.3) is 0 Å². The van der Waals surface area contributed by atoms with Crippen molar-refractivity contribution in [3.05, 3.63) is 69.7 Å². The van der Waals surface area contributed by atoms with Gasteiger partial charge in [0.1, 0.15) is 11.6 Å². The minimum absolute atomic E-state index is 0.119. The fourth-order valence-electron chi connectivity index (χ4n) is 2.15. The van der Waals surface area contributed by atoms with Gasteiger partial charge in [0.25, 0.3) is 0 Å². The summed E-state index contributed by atoms with van der Waals surface area (Å²) in [5.74, 6) is -1.37. The Bertz CT molecular complexity index is 606. The van der Waals surface area contributed by atoms with Crippen molar-refractivity contribution in [3.63, 3.8) is 0 Å². The van der Waals surface area contributed by atoms with E-state index in [1.807, 2.05) is 0 Å². The second-order valence-corrected chi connectivity index (χ2v) is 5.28. The normalized spacial score (nSPS) is 14.1. The largest absolute Gasteiger partial charge is 0.388 e. The van der Waals surface area contributed by atoms with E-state index in [4.69, 9.17) is 5.73 Å². The van der Waals surface area contributed by atoms with Crippen molar-refractivity contribution in [1.82, 2.24) is 0 Å². The van der Waals surface area contributed by atoms with Crippen molar-refractivity contribution < 1.29 is 13.9 Å². The number of aliphatic hydroxyl groups is 1. The number of rotatable bonds is 4. The first-order valence-corrected chi connectivity index (χ1v) is 6.91. The molecule has 0 aliphatic carbocycles. The van der Waals surface area contributed by atoms with E-state index in [1.54, 1.807) is 18.2 Å². The SMILES string of the molecule is NCC(c1cccc(F)c1)C(O)c1cccc(F)c1Br. The molecule has 2 rings (SSSR count). The van der Waals surface area contributed by atoms with Gasteiger partial charge in [-0.1, -0.05) is 24.3 Å². The average molecular weight is 342 g/mol. The Labute approximate surface area is 124 Å². The van der Waals surface area contributed by atoms with Crippen LogP contribution in [0.15, 0.2) is 46.9 Å². The summed E-state index contributed by atoms with van der Waals surface area (Å²) >= 11 is 3.12. The van der Waals surface area contributed by atoms with Gasteiger partial charge in [-0.3, -0.25) is 0 Å². The van der Waals surface area contributed by atoms with Crippen LogP contribution in [0.2, 0.25) is 0 Å². The number of hydrogen-bond acceptors (Lipinski definition) is 2. The quantitative estimate of drug-likeness (QED) is 0.893. The smallest absolute Gasteiger partial charge is 0.137 e. The molecule has 3 N–H and O–H groups in total. The molecule has 0 heterocycles. The van der Waals surface area contributed by atoms with E-state index in [-0.39, 0.29) is 11.0 Å². The highest BCUT2D eigenvalue weighted by Gasteiger charge is 2.24. The number of halogens is 3. The van der Waals surface area contributed by atoms with Gasteiger partial charge in [-0.05, 0) is 45.3 Å². The zero-order chi connectivity index (χ0) is 14.7. The van der Waals surface area contributed by atoms with Crippen LogP contribution in [0.4, 0.5) is 8.78 Å². The van der Waals surface area contributed by atoms with Crippen LogP contribution in [0.3, 0.4) is 0 Å². The maximum Gasteiger partial charge on any atom is 0.137 e. The van der Waals surface area contributed by atoms with E-state index >= 15 is 0 Å². The molecule has 0 aliphatic rings. The van der Waals surface area contributed by atoms with Gasteiger partial charge in [0, 0.05) is 12.5 Å². The Morgan fingerprint density at radius 1 is 1.15 bits per heavy atom. The third-order valence-corrected chi connectivity index (χ3v) is 4.05. The number of benzene rings is 2. The van der Waals surface area contributed by atoms with E-state index in [2.05, 4.69) is 15.9 Å². The van der Waals surface area contributed by atoms with Gasteiger partial charge in [-0.15, -0.1) is 0 Å². The molecule has 0 saturated carbocycles. The van der Waals surface area contributed by atoms with Gasteiger partial charge in [0.15, 0.2) is 0 Å². The van der Waals surface area contributed by atoms with Crippen molar-refractivity contribution in [2.24, 2.45) is 5.73 Å². The van der Waals surface area contributed by atoms with Gasteiger partial charge in [-0.2, -0.15) is 0 Å². The summed E-state index contributed by atoms with van der Waals surface area (Å²) in [5.41, 5.74) is 6.66. The summed E-state index contributed by atoms with van der Waals surface area (Å²) in [5, 5.41) is 10.4. The van der Waals surface area contributed by atoms with Crippen LogP contribution in [-0.4, -0.2) is 11.7 Å². The molecule has 106 valence electrons. The van der Waals surface area contributed by atoms with E-state index < -0.39 is 23.7 Å². The summed E-state index contributed by atoms with van der Waals surface area (Å²) in [6.45, 7) is 0.119. The molecule has 2 aromatic rings. The average Bonchev–Trinajstić information content (AvgIpc) is 2.42. The number of nitrogens with two attached hydrogens (primary N) is 1. The lowest BCUT2D eigenvalue weighted by atomic mass is 9.89. The minimum Gasteiger partial charge on any atom is -0.388 e. The number of aliphatic hydroxyl groups excluding tert-OH is 1. The molecule has 2 unspecified atom stereocenters. The lowest BCUT2D eigenvalue weighted by Gasteiger charge is -2.23. The van der Waals surface area contributed by atoms with Crippen molar-refractivity contribution in [2.45, 2.75) is 12.0 Å². The highest BCUT2D eigenvalue weighted by molar-refractivity contribution is 9.10. The first kappa shape index (κ1) is 15.1. The van der Waals surface area contributed by atoms with Crippen LogP contribution in [0.1, 0.15) is 23.1 Å². The Morgan fingerprint density at radius 2 is 1.85 bits per heavy atom. The van der Waals surface area contributed by atoms with Crippen LogP contribution in [0, 0.1) is 11.6 Å². The maximum atomic E-state index is 13.5. The zero-order valence-electron chi connectivity index (χ0n) is 10.6. The van der Waals surface area contributed by atoms with E-state index in [0.29, 0.717) is 11.1 Å². The minimum atomic E-state index is -1.02. The molecule has 20 heavy (non-hydrogen) atoms. The molecule has 0 saturated heterocycles. The first-order chi connectivity index (χ1) is 9.54. The molecular formula is C15H14BrF2NO. The van der Waals surface area contributed by atoms with E-state index in [0.717, 1.165) is 0 Å². The molecule has 2 atom stereocenters.